The van der Waals surface area contributed by atoms with Crippen molar-refractivity contribution in [1.29, 1.82) is 5.26 Å². The van der Waals surface area contributed by atoms with Crippen LogP contribution in [0, 0.1) is 11.3 Å². The van der Waals surface area contributed by atoms with Crippen LogP contribution in [0.3, 0.4) is 0 Å². The molecule has 0 amide bonds. The zero-order valence-corrected chi connectivity index (χ0v) is 14.6. The lowest BCUT2D eigenvalue weighted by Crippen LogP contribution is -2.61. The maximum atomic E-state index is 12.8. The largest absolute Gasteiger partial charge is 0.293 e. The highest BCUT2D eigenvalue weighted by atomic mass is 32.2. The van der Waals surface area contributed by atoms with Crippen molar-refractivity contribution >= 4 is 10.0 Å². The maximum Gasteiger partial charge on any atom is 0.244 e. The third-order valence-corrected chi connectivity index (χ3v) is 7.02. The Kier molecular flexibility index (Phi) is 4.08. The van der Waals surface area contributed by atoms with Crippen molar-refractivity contribution in [2.24, 2.45) is 0 Å². The maximum absolute atomic E-state index is 12.8. The van der Waals surface area contributed by atoms with Crippen LogP contribution in [0.2, 0.25) is 0 Å². The molecule has 0 N–H and O–H groups in total. The molecule has 6 heteroatoms. The van der Waals surface area contributed by atoms with Crippen LogP contribution in [0.1, 0.15) is 16.7 Å². The van der Waals surface area contributed by atoms with Crippen LogP contribution in [0.15, 0.2) is 53.4 Å². The Morgan fingerprint density at radius 3 is 2.44 bits per heavy atom. The van der Waals surface area contributed by atoms with Crippen molar-refractivity contribution in [3.8, 4) is 6.07 Å². The first-order valence-electron chi connectivity index (χ1n) is 8.40. The average Bonchev–Trinajstić information content (AvgIpc) is 2.60. The molecule has 0 spiro atoms. The molecule has 2 aromatic rings. The van der Waals surface area contributed by atoms with Gasteiger partial charge in [0, 0.05) is 32.2 Å². The molecule has 0 atom stereocenters. The van der Waals surface area contributed by atoms with E-state index in [0.29, 0.717) is 13.1 Å². The van der Waals surface area contributed by atoms with Gasteiger partial charge in [0.1, 0.15) is 6.07 Å². The van der Waals surface area contributed by atoms with Crippen LogP contribution in [0.25, 0.3) is 0 Å². The van der Waals surface area contributed by atoms with E-state index in [1.165, 1.54) is 21.5 Å². The molecule has 1 saturated heterocycles. The van der Waals surface area contributed by atoms with E-state index >= 15 is 0 Å². The Labute approximate surface area is 148 Å². The Bertz CT molecular complexity index is 943. The Morgan fingerprint density at radius 1 is 1.00 bits per heavy atom. The van der Waals surface area contributed by atoms with Crippen molar-refractivity contribution in [2.45, 2.75) is 23.9 Å². The first-order valence-corrected chi connectivity index (χ1v) is 9.84. The molecule has 0 bridgehead atoms. The molecule has 0 unspecified atom stereocenters. The minimum absolute atomic E-state index is 0.111. The topological polar surface area (TPSA) is 64.4 Å². The van der Waals surface area contributed by atoms with Gasteiger partial charge in [0.05, 0.1) is 10.5 Å². The molecule has 128 valence electrons. The standard InChI is InChI=1S/C19H19N3O2S/c20-11-16-6-3-4-8-19(16)25(23,24)22-13-18(14-22)21-10-9-15-5-1-2-7-17(15)12-21/h1-8,18H,9-10,12-14H2. The smallest absolute Gasteiger partial charge is 0.244 e. The van der Waals surface area contributed by atoms with Gasteiger partial charge in [-0.15, -0.1) is 0 Å². The van der Waals surface area contributed by atoms with Gasteiger partial charge in [-0.25, -0.2) is 8.42 Å². The monoisotopic (exact) mass is 353 g/mol. The molecule has 2 heterocycles. The van der Waals surface area contributed by atoms with E-state index in [4.69, 9.17) is 5.26 Å². The number of hydrogen-bond donors (Lipinski definition) is 0. The van der Waals surface area contributed by atoms with E-state index in [-0.39, 0.29) is 16.5 Å². The summed E-state index contributed by atoms with van der Waals surface area (Å²) >= 11 is 0. The van der Waals surface area contributed by atoms with E-state index in [2.05, 4.69) is 29.2 Å². The lowest BCUT2D eigenvalue weighted by molar-refractivity contribution is 0.0769. The Balaban J connectivity index is 1.47. The summed E-state index contributed by atoms with van der Waals surface area (Å²) in [6, 6.07) is 17.1. The fourth-order valence-electron chi connectivity index (χ4n) is 3.60. The van der Waals surface area contributed by atoms with E-state index in [9.17, 15) is 8.42 Å². The third kappa shape index (κ3) is 2.85. The van der Waals surface area contributed by atoms with Crippen molar-refractivity contribution in [3.05, 3.63) is 65.2 Å². The van der Waals surface area contributed by atoms with Crippen molar-refractivity contribution in [3.63, 3.8) is 0 Å². The molecule has 1 fully saturated rings. The minimum Gasteiger partial charge on any atom is -0.293 e. The summed E-state index contributed by atoms with van der Waals surface area (Å²) in [5.41, 5.74) is 2.94. The van der Waals surface area contributed by atoms with Gasteiger partial charge in [-0.2, -0.15) is 9.57 Å². The molecule has 2 aliphatic rings. The van der Waals surface area contributed by atoms with Gasteiger partial charge in [-0.05, 0) is 29.7 Å². The number of nitrogens with zero attached hydrogens (tertiary/aromatic N) is 3. The normalized spacial score (nSPS) is 19.0. The molecule has 5 nitrogen and oxygen atoms in total. The SMILES string of the molecule is N#Cc1ccccc1S(=O)(=O)N1CC(N2CCc3ccccc3C2)C1. The molecule has 2 aliphatic heterocycles. The second-order valence-corrected chi connectivity index (χ2v) is 8.48. The fourth-order valence-corrected chi connectivity index (χ4v) is 5.25. The van der Waals surface area contributed by atoms with Gasteiger partial charge in [0.25, 0.3) is 0 Å². The number of nitriles is 1. The van der Waals surface area contributed by atoms with Crippen LogP contribution in [0.4, 0.5) is 0 Å². The number of sulfonamides is 1. The van der Waals surface area contributed by atoms with Crippen molar-refractivity contribution < 1.29 is 8.42 Å². The zero-order valence-electron chi connectivity index (χ0n) is 13.8. The zero-order chi connectivity index (χ0) is 17.4. The number of benzene rings is 2. The van der Waals surface area contributed by atoms with Crippen molar-refractivity contribution in [1.82, 2.24) is 9.21 Å². The quantitative estimate of drug-likeness (QED) is 0.846. The summed E-state index contributed by atoms with van der Waals surface area (Å²) in [5, 5.41) is 9.16. The molecule has 0 aliphatic carbocycles. The second kappa shape index (κ2) is 6.26. The van der Waals surface area contributed by atoms with Gasteiger partial charge in [-0.1, -0.05) is 36.4 Å². The molecular formula is C19H19N3O2S. The predicted octanol–water partition coefficient (Wildman–Crippen LogP) is 1.99. The third-order valence-electron chi connectivity index (χ3n) is 5.13. The fraction of sp³-hybridized carbons (Fsp3) is 0.316. The van der Waals surface area contributed by atoms with Gasteiger partial charge in [0.2, 0.25) is 10.0 Å². The minimum atomic E-state index is -3.59. The van der Waals surface area contributed by atoms with Crippen LogP contribution in [-0.4, -0.2) is 43.3 Å². The highest BCUT2D eigenvalue weighted by molar-refractivity contribution is 7.89. The molecule has 4 rings (SSSR count). The van der Waals surface area contributed by atoms with Crippen LogP contribution in [0.5, 0.6) is 0 Å². The first kappa shape index (κ1) is 16.3. The predicted molar refractivity (Wildman–Crippen MR) is 94.3 cm³/mol. The number of fused-ring (bicyclic) bond motifs is 1. The Morgan fingerprint density at radius 2 is 1.68 bits per heavy atom. The molecule has 0 saturated carbocycles. The summed E-state index contributed by atoms with van der Waals surface area (Å²) in [6.07, 6.45) is 1.01. The van der Waals surface area contributed by atoms with E-state index in [0.717, 1.165) is 19.5 Å². The lowest BCUT2D eigenvalue weighted by Gasteiger charge is -2.46. The summed E-state index contributed by atoms with van der Waals surface area (Å²) in [7, 11) is -3.59. The van der Waals surface area contributed by atoms with E-state index in [1.54, 1.807) is 18.2 Å². The van der Waals surface area contributed by atoms with E-state index in [1.807, 2.05) is 6.07 Å². The number of rotatable bonds is 3. The summed E-state index contributed by atoms with van der Waals surface area (Å²) in [5.74, 6) is 0. The molecule has 0 radical (unpaired) electrons. The summed E-state index contributed by atoms with van der Waals surface area (Å²) in [4.78, 5) is 2.48. The lowest BCUT2D eigenvalue weighted by atomic mass is 9.97. The van der Waals surface area contributed by atoms with Gasteiger partial charge in [0.15, 0.2) is 0 Å². The molecule has 2 aromatic carbocycles. The summed E-state index contributed by atoms with van der Waals surface area (Å²) in [6.45, 7) is 2.82. The first-order chi connectivity index (χ1) is 12.1. The Hall–Kier alpha value is -2.20. The van der Waals surface area contributed by atoms with Crippen LogP contribution >= 0.6 is 0 Å². The van der Waals surface area contributed by atoms with Crippen LogP contribution in [-0.2, 0) is 23.0 Å². The highest BCUT2D eigenvalue weighted by Gasteiger charge is 2.41. The van der Waals surface area contributed by atoms with Crippen molar-refractivity contribution in [2.75, 3.05) is 19.6 Å². The number of hydrogen-bond acceptors (Lipinski definition) is 4. The highest BCUT2D eigenvalue weighted by Crippen LogP contribution is 2.29. The van der Waals surface area contributed by atoms with Gasteiger partial charge >= 0.3 is 0 Å². The second-order valence-electron chi connectivity index (χ2n) is 6.57. The molecular weight excluding hydrogens is 334 g/mol. The van der Waals surface area contributed by atoms with Crippen LogP contribution < -0.4 is 0 Å². The molecule has 0 aromatic heterocycles. The summed E-state index contributed by atoms with van der Waals surface area (Å²) < 4.78 is 27.0. The van der Waals surface area contributed by atoms with Gasteiger partial charge < -0.3 is 0 Å². The van der Waals surface area contributed by atoms with E-state index < -0.39 is 10.0 Å². The average molecular weight is 353 g/mol. The van der Waals surface area contributed by atoms with Gasteiger partial charge in [-0.3, -0.25) is 4.90 Å². The molecule has 25 heavy (non-hydrogen) atoms.